The topological polar surface area (TPSA) is 16.4 Å². The van der Waals surface area contributed by atoms with Crippen molar-refractivity contribution >= 4 is 60.5 Å². The zero-order chi connectivity index (χ0) is 34.4. The highest BCUT2D eigenvalue weighted by atomic mass is 16.3. The predicted octanol–water partition coefficient (Wildman–Crippen LogP) is 14.4. The van der Waals surface area contributed by atoms with Gasteiger partial charge in [0.05, 0.1) is 5.69 Å². The van der Waals surface area contributed by atoms with Crippen LogP contribution >= 0.6 is 0 Å². The summed E-state index contributed by atoms with van der Waals surface area (Å²) in [5, 5.41) is 7.04. The number of hydrogen-bond donors (Lipinski definition) is 0. The molecular weight excluding hydrogens is 631 g/mol. The van der Waals surface area contributed by atoms with E-state index in [0.717, 1.165) is 55.7 Å². The Morgan fingerprint density at radius 2 is 0.904 bits per heavy atom. The maximum Gasteiger partial charge on any atom is 0.137 e. The lowest BCUT2D eigenvalue weighted by molar-refractivity contribution is 0.669. The van der Waals surface area contributed by atoms with Gasteiger partial charge in [-0.1, -0.05) is 140 Å². The fraction of sp³-hybridized carbons (Fsp3) is 0. The second-order valence-electron chi connectivity index (χ2n) is 13.4. The molecule has 0 atom stereocenters. The molecule has 0 aliphatic heterocycles. The van der Waals surface area contributed by atoms with Crippen molar-refractivity contribution < 1.29 is 4.42 Å². The molecule has 2 nitrogen and oxygen atoms in total. The van der Waals surface area contributed by atoms with Gasteiger partial charge in [0.2, 0.25) is 0 Å². The zero-order valence-corrected chi connectivity index (χ0v) is 28.4. The standard InChI is InChI=1S/C50H33NO/c1-3-12-34(13-4-1)37-18-11-19-43(30-37)51(44-26-27-46-45-20-9-10-21-49(45)52-50(46)33-44)48-32-39-17-8-7-16-38(39)31-47(48)41-25-23-36-22-24-40(28-42(36)29-41)35-14-5-2-6-15-35/h1-33H. The maximum absolute atomic E-state index is 6.46. The van der Waals surface area contributed by atoms with Gasteiger partial charge >= 0.3 is 0 Å². The van der Waals surface area contributed by atoms with Crippen molar-refractivity contribution in [3.63, 3.8) is 0 Å². The van der Waals surface area contributed by atoms with Crippen LogP contribution in [0.4, 0.5) is 17.1 Å². The molecule has 0 saturated carbocycles. The van der Waals surface area contributed by atoms with Crippen molar-refractivity contribution in [1.29, 1.82) is 0 Å². The first-order chi connectivity index (χ1) is 25.7. The van der Waals surface area contributed by atoms with Crippen LogP contribution < -0.4 is 4.90 Å². The summed E-state index contributed by atoms with van der Waals surface area (Å²) in [4.78, 5) is 2.39. The number of hydrogen-bond acceptors (Lipinski definition) is 2. The summed E-state index contributed by atoms with van der Waals surface area (Å²) in [6.07, 6.45) is 0. The SMILES string of the molecule is c1ccc(-c2cccc(N(c3ccc4c(c3)oc3ccccc34)c3cc4ccccc4cc3-c3ccc4ccc(-c5ccccc5)cc4c3)c2)cc1. The lowest BCUT2D eigenvalue weighted by Gasteiger charge is -2.29. The second kappa shape index (κ2) is 12.5. The van der Waals surface area contributed by atoms with Crippen molar-refractivity contribution in [1.82, 2.24) is 0 Å². The Kier molecular flexibility index (Phi) is 7.18. The zero-order valence-electron chi connectivity index (χ0n) is 28.4. The van der Waals surface area contributed by atoms with Crippen LogP contribution in [0.3, 0.4) is 0 Å². The minimum Gasteiger partial charge on any atom is -0.456 e. The highest BCUT2D eigenvalue weighted by Crippen LogP contribution is 2.45. The normalized spacial score (nSPS) is 11.5. The first kappa shape index (κ1) is 30.0. The number of benzene rings is 9. The summed E-state index contributed by atoms with van der Waals surface area (Å²) >= 11 is 0. The van der Waals surface area contributed by atoms with Gasteiger partial charge in [-0.2, -0.15) is 0 Å². The van der Waals surface area contributed by atoms with Gasteiger partial charge in [0.1, 0.15) is 11.2 Å². The van der Waals surface area contributed by atoms with Gasteiger partial charge in [0.15, 0.2) is 0 Å². The summed E-state index contributed by atoms with van der Waals surface area (Å²) in [7, 11) is 0. The van der Waals surface area contributed by atoms with Gasteiger partial charge in [-0.15, -0.1) is 0 Å². The summed E-state index contributed by atoms with van der Waals surface area (Å²) in [6, 6.07) is 71.9. The molecule has 0 saturated heterocycles. The van der Waals surface area contributed by atoms with Crippen LogP contribution in [0.5, 0.6) is 0 Å². The van der Waals surface area contributed by atoms with Crippen LogP contribution in [0.15, 0.2) is 205 Å². The molecule has 0 aliphatic carbocycles. The number of anilines is 3. The Labute approximate surface area is 302 Å². The van der Waals surface area contributed by atoms with Crippen molar-refractivity contribution in [3.05, 3.63) is 200 Å². The Morgan fingerprint density at radius 1 is 0.308 bits per heavy atom. The second-order valence-corrected chi connectivity index (χ2v) is 13.4. The van der Waals surface area contributed by atoms with E-state index in [1.807, 2.05) is 12.1 Å². The molecule has 52 heavy (non-hydrogen) atoms. The third-order valence-corrected chi connectivity index (χ3v) is 10.2. The average molecular weight is 664 g/mol. The molecule has 1 heterocycles. The number of fused-ring (bicyclic) bond motifs is 5. The predicted molar refractivity (Wildman–Crippen MR) is 220 cm³/mol. The van der Waals surface area contributed by atoms with Gasteiger partial charge < -0.3 is 9.32 Å². The molecule has 0 aliphatic rings. The summed E-state index contributed by atoms with van der Waals surface area (Å²) in [5.41, 5.74) is 12.0. The molecular formula is C50H33NO. The quantitative estimate of drug-likeness (QED) is 0.176. The molecule has 1 aromatic heterocycles. The average Bonchev–Trinajstić information content (AvgIpc) is 3.59. The van der Waals surface area contributed by atoms with Gasteiger partial charge in [0, 0.05) is 33.8 Å². The van der Waals surface area contributed by atoms with Crippen LogP contribution in [-0.2, 0) is 0 Å². The number of para-hydroxylation sites is 1. The van der Waals surface area contributed by atoms with Crippen molar-refractivity contribution in [3.8, 4) is 33.4 Å². The minimum atomic E-state index is 0.865. The molecule has 10 aromatic rings. The smallest absolute Gasteiger partial charge is 0.137 e. The van der Waals surface area contributed by atoms with Crippen molar-refractivity contribution in [2.75, 3.05) is 4.90 Å². The number of nitrogens with zero attached hydrogens (tertiary/aromatic N) is 1. The molecule has 9 aromatic carbocycles. The van der Waals surface area contributed by atoms with Crippen molar-refractivity contribution in [2.45, 2.75) is 0 Å². The molecule has 244 valence electrons. The molecule has 0 unspecified atom stereocenters. The largest absolute Gasteiger partial charge is 0.456 e. The maximum atomic E-state index is 6.46. The highest BCUT2D eigenvalue weighted by molar-refractivity contribution is 6.07. The highest BCUT2D eigenvalue weighted by Gasteiger charge is 2.21. The van der Waals surface area contributed by atoms with E-state index in [1.165, 1.54) is 38.2 Å². The Balaban J connectivity index is 1.22. The lowest BCUT2D eigenvalue weighted by atomic mass is 9.94. The first-order valence-electron chi connectivity index (χ1n) is 17.7. The van der Waals surface area contributed by atoms with Crippen molar-refractivity contribution in [2.24, 2.45) is 0 Å². The van der Waals surface area contributed by atoms with E-state index in [2.05, 4.69) is 193 Å². The Bertz CT molecular complexity index is 2910. The summed E-state index contributed by atoms with van der Waals surface area (Å²) < 4.78 is 6.46. The van der Waals surface area contributed by atoms with E-state index in [1.54, 1.807) is 0 Å². The number of rotatable bonds is 6. The van der Waals surface area contributed by atoms with Gasteiger partial charge in [-0.3, -0.25) is 0 Å². The molecule has 0 radical (unpaired) electrons. The Morgan fingerprint density at radius 3 is 1.69 bits per heavy atom. The van der Waals surface area contributed by atoms with Gasteiger partial charge in [0.25, 0.3) is 0 Å². The molecule has 2 heteroatoms. The fourth-order valence-corrected chi connectivity index (χ4v) is 7.61. The first-order valence-corrected chi connectivity index (χ1v) is 17.7. The van der Waals surface area contributed by atoms with Gasteiger partial charge in [-0.05, 0) is 104 Å². The third kappa shape index (κ3) is 5.30. The van der Waals surface area contributed by atoms with E-state index in [-0.39, 0.29) is 0 Å². The van der Waals surface area contributed by atoms with E-state index < -0.39 is 0 Å². The minimum absolute atomic E-state index is 0.865. The number of furan rings is 1. The molecule has 0 amide bonds. The molecule has 0 fully saturated rings. The molecule has 0 N–H and O–H groups in total. The summed E-state index contributed by atoms with van der Waals surface area (Å²) in [5.74, 6) is 0. The lowest BCUT2D eigenvalue weighted by Crippen LogP contribution is -2.11. The van der Waals surface area contributed by atoms with Crippen LogP contribution in [0.25, 0.3) is 76.9 Å². The Hall–Kier alpha value is -6.90. The van der Waals surface area contributed by atoms with E-state index in [9.17, 15) is 0 Å². The van der Waals surface area contributed by atoms with Crippen LogP contribution in [0.1, 0.15) is 0 Å². The van der Waals surface area contributed by atoms with Crippen LogP contribution in [-0.4, -0.2) is 0 Å². The summed E-state index contributed by atoms with van der Waals surface area (Å²) in [6.45, 7) is 0. The van der Waals surface area contributed by atoms with E-state index >= 15 is 0 Å². The fourth-order valence-electron chi connectivity index (χ4n) is 7.61. The van der Waals surface area contributed by atoms with E-state index in [4.69, 9.17) is 4.42 Å². The monoisotopic (exact) mass is 663 g/mol. The van der Waals surface area contributed by atoms with E-state index in [0.29, 0.717) is 0 Å². The molecule has 10 rings (SSSR count). The molecule has 0 spiro atoms. The van der Waals surface area contributed by atoms with Crippen LogP contribution in [0.2, 0.25) is 0 Å². The van der Waals surface area contributed by atoms with Gasteiger partial charge in [-0.25, -0.2) is 0 Å². The van der Waals surface area contributed by atoms with Crippen LogP contribution in [0, 0.1) is 0 Å². The molecule has 0 bridgehead atoms. The third-order valence-electron chi connectivity index (χ3n) is 10.2.